The number of nitrogens with two attached hydrogens (primary N) is 1. The molecule has 0 heterocycles. The summed E-state index contributed by atoms with van der Waals surface area (Å²) in [6.45, 7) is -0.975. The SMILES string of the molecule is NC(=O)COCC(=O)[O-].[Na+]. The zero-order chi connectivity index (χ0) is 7.28. The summed E-state index contributed by atoms with van der Waals surface area (Å²) in [4.78, 5) is 19.5. The van der Waals surface area contributed by atoms with Gasteiger partial charge in [-0.25, -0.2) is 0 Å². The molecule has 0 saturated carbocycles. The molecule has 5 nitrogen and oxygen atoms in total. The second kappa shape index (κ2) is 7.01. The summed E-state index contributed by atoms with van der Waals surface area (Å²) in [5.41, 5.74) is 4.60. The van der Waals surface area contributed by atoms with E-state index in [1.165, 1.54) is 0 Å². The number of amides is 1. The van der Waals surface area contributed by atoms with E-state index in [0.29, 0.717) is 0 Å². The molecule has 0 saturated heterocycles. The van der Waals surface area contributed by atoms with Crippen LogP contribution in [-0.4, -0.2) is 25.1 Å². The molecule has 0 aromatic carbocycles. The van der Waals surface area contributed by atoms with Gasteiger partial charge in [-0.15, -0.1) is 0 Å². The summed E-state index contributed by atoms with van der Waals surface area (Å²) in [5, 5.41) is 9.59. The number of primary amides is 1. The first-order chi connectivity index (χ1) is 4.13. The first-order valence-corrected chi connectivity index (χ1v) is 2.19. The Kier molecular flexibility index (Phi) is 8.81. The fourth-order valence-corrected chi connectivity index (χ4v) is 0.235. The number of ether oxygens (including phenoxy) is 1. The minimum atomic E-state index is -1.36. The molecule has 0 aliphatic carbocycles. The number of carboxylic acids is 1. The normalized spacial score (nSPS) is 8.00. The molecular weight excluding hydrogens is 149 g/mol. The molecule has 52 valence electrons. The zero-order valence-electron chi connectivity index (χ0n) is 5.62. The number of aliphatic carboxylic acids is 1. The Hall–Kier alpha value is -0.100. The van der Waals surface area contributed by atoms with Crippen molar-refractivity contribution >= 4 is 11.9 Å². The van der Waals surface area contributed by atoms with Crippen LogP contribution in [0.3, 0.4) is 0 Å². The van der Waals surface area contributed by atoms with Crippen LogP contribution in [0, 0.1) is 0 Å². The summed E-state index contributed by atoms with van der Waals surface area (Å²) < 4.78 is 4.22. The van der Waals surface area contributed by atoms with Gasteiger partial charge in [0.1, 0.15) is 6.61 Å². The van der Waals surface area contributed by atoms with Crippen LogP contribution in [0.2, 0.25) is 0 Å². The average molecular weight is 155 g/mol. The number of carbonyl (C=O) groups is 2. The third-order valence-electron chi connectivity index (χ3n) is 0.464. The molecule has 1 amide bonds. The van der Waals surface area contributed by atoms with Crippen molar-refractivity contribution in [3.8, 4) is 0 Å². The van der Waals surface area contributed by atoms with E-state index in [-0.39, 0.29) is 36.2 Å². The van der Waals surface area contributed by atoms with Crippen LogP contribution in [0.25, 0.3) is 0 Å². The molecule has 0 aliphatic rings. The van der Waals surface area contributed by atoms with Crippen molar-refractivity contribution in [2.75, 3.05) is 13.2 Å². The fraction of sp³-hybridized carbons (Fsp3) is 0.500. The van der Waals surface area contributed by atoms with Crippen molar-refractivity contribution in [2.24, 2.45) is 5.73 Å². The summed E-state index contributed by atoms with van der Waals surface area (Å²) in [6, 6.07) is 0. The summed E-state index contributed by atoms with van der Waals surface area (Å²) in [5.74, 6) is -2.06. The summed E-state index contributed by atoms with van der Waals surface area (Å²) >= 11 is 0. The van der Waals surface area contributed by atoms with Gasteiger partial charge in [-0.1, -0.05) is 0 Å². The molecule has 0 rings (SSSR count). The molecule has 0 fully saturated rings. The van der Waals surface area contributed by atoms with Gasteiger partial charge in [0.2, 0.25) is 5.91 Å². The Morgan fingerprint density at radius 1 is 1.40 bits per heavy atom. The van der Waals surface area contributed by atoms with Gasteiger partial charge in [-0.3, -0.25) is 4.79 Å². The van der Waals surface area contributed by atoms with E-state index in [2.05, 4.69) is 10.5 Å². The Bertz CT molecular complexity index is 112. The standard InChI is InChI=1S/C4H7NO4.Na/c5-3(6)1-9-2-4(7)8;/h1-2H2,(H2,5,6)(H,7,8);/q;+1/p-1. The van der Waals surface area contributed by atoms with Crippen molar-refractivity contribution in [2.45, 2.75) is 0 Å². The summed E-state index contributed by atoms with van der Waals surface area (Å²) in [7, 11) is 0. The van der Waals surface area contributed by atoms with Gasteiger partial charge in [-0.2, -0.15) is 0 Å². The minimum Gasteiger partial charge on any atom is -0.548 e. The maximum atomic E-state index is 9.86. The number of carboxylic acid groups (broad SMARTS) is 1. The van der Waals surface area contributed by atoms with Crippen LogP contribution in [0.15, 0.2) is 0 Å². The van der Waals surface area contributed by atoms with E-state index in [0.717, 1.165) is 0 Å². The molecule has 0 aromatic heterocycles. The number of carbonyl (C=O) groups excluding carboxylic acids is 2. The van der Waals surface area contributed by atoms with Crippen LogP contribution in [0.4, 0.5) is 0 Å². The summed E-state index contributed by atoms with van der Waals surface area (Å²) in [6.07, 6.45) is 0. The molecule has 0 spiro atoms. The van der Waals surface area contributed by atoms with E-state index in [1.54, 1.807) is 0 Å². The number of hydrogen-bond donors (Lipinski definition) is 1. The first kappa shape index (κ1) is 12.6. The number of rotatable bonds is 4. The minimum absolute atomic E-state index is 0. The van der Waals surface area contributed by atoms with Crippen molar-refractivity contribution in [1.82, 2.24) is 0 Å². The van der Waals surface area contributed by atoms with E-state index in [9.17, 15) is 14.7 Å². The predicted octanol–water partition coefficient (Wildman–Crippen LogP) is -5.76. The van der Waals surface area contributed by atoms with Crippen LogP contribution in [0.5, 0.6) is 0 Å². The largest absolute Gasteiger partial charge is 1.00 e. The third-order valence-corrected chi connectivity index (χ3v) is 0.464. The molecule has 2 N–H and O–H groups in total. The third kappa shape index (κ3) is 10.8. The Morgan fingerprint density at radius 2 is 1.90 bits per heavy atom. The van der Waals surface area contributed by atoms with Crippen LogP contribution < -0.4 is 40.4 Å². The molecule has 0 aromatic rings. The van der Waals surface area contributed by atoms with E-state index in [1.807, 2.05) is 0 Å². The van der Waals surface area contributed by atoms with Crippen molar-refractivity contribution in [1.29, 1.82) is 0 Å². The zero-order valence-corrected chi connectivity index (χ0v) is 7.62. The molecule has 0 bridgehead atoms. The van der Waals surface area contributed by atoms with Gasteiger partial charge in [-0.05, 0) is 0 Å². The van der Waals surface area contributed by atoms with Crippen LogP contribution >= 0.6 is 0 Å². The topological polar surface area (TPSA) is 92.5 Å². The monoisotopic (exact) mass is 155 g/mol. The molecule has 0 radical (unpaired) electrons. The van der Waals surface area contributed by atoms with Crippen LogP contribution in [0.1, 0.15) is 0 Å². The second-order valence-corrected chi connectivity index (χ2v) is 1.33. The predicted molar refractivity (Wildman–Crippen MR) is 25.0 cm³/mol. The van der Waals surface area contributed by atoms with Crippen molar-refractivity contribution in [3.63, 3.8) is 0 Å². The van der Waals surface area contributed by atoms with Gasteiger partial charge in [0.05, 0.1) is 12.6 Å². The Morgan fingerprint density at radius 3 is 2.20 bits per heavy atom. The van der Waals surface area contributed by atoms with Gasteiger partial charge in [0.15, 0.2) is 0 Å². The maximum Gasteiger partial charge on any atom is 1.00 e. The Labute approximate surface area is 79.8 Å². The average Bonchev–Trinajstić information content (AvgIpc) is 1.63. The van der Waals surface area contributed by atoms with E-state index in [4.69, 9.17) is 0 Å². The van der Waals surface area contributed by atoms with Crippen molar-refractivity contribution in [3.05, 3.63) is 0 Å². The van der Waals surface area contributed by atoms with Crippen molar-refractivity contribution < 1.29 is 49.0 Å². The Balaban J connectivity index is 0. The van der Waals surface area contributed by atoms with Gasteiger partial charge >= 0.3 is 29.6 Å². The van der Waals surface area contributed by atoms with E-state index >= 15 is 0 Å². The molecule has 0 aliphatic heterocycles. The van der Waals surface area contributed by atoms with Gasteiger partial charge < -0.3 is 20.4 Å². The maximum absolute atomic E-state index is 9.86. The molecular formula is C4H6NNaO4. The first-order valence-electron chi connectivity index (χ1n) is 2.19. The molecule has 10 heavy (non-hydrogen) atoms. The smallest absolute Gasteiger partial charge is 0.548 e. The fourth-order valence-electron chi connectivity index (χ4n) is 0.235. The van der Waals surface area contributed by atoms with E-state index < -0.39 is 18.5 Å². The quantitative estimate of drug-likeness (QED) is 0.409. The molecule has 6 heteroatoms. The second-order valence-electron chi connectivity index (χ2n) is 1.33. The van der Waals surface area contributed by atoms with Gasteiger partial charge in [0.25, 0.3) is 0 Å². The van der Waals surface area contributed by atoms with Crippen LogP contribution in [-0.2, 0) is 14.3 Å². The van der Waals surface area contributed by atoms with Gasteiger partial charge in [0, 0.05) is 0 Å². The molecule has 0 atom stereocenters. The number of hydrogen-bond acceptors (Lipinski definition) is 4. The molecule has 0 unspecified atom stereocenters.